The van der Waals surface area contributed by atoms with Crippen LogP contribution in [0, 0.1) is 13.8 Å². The maximum atomic E-state index is 13.2. The summed E-state index contributed by atoms with van der Waals surface area (Å²) < 4.78 is 0.990. The fourth-order valence-electron chi connectivity index (χ4n) is 3.55. The number of ketones is 1. The summed E-state index contributed by atoms with van der Waals surface area (Å²) >= 11 is 3.49. The molecule has 3 aromatic rings. The van der Waals surface area contributed by atoms with Gasteiger partial charge in [-0.2, -0.15) is 0 Å². The lowest BCUT2D eigenvalue weighted by Gasteiger charge is -2.34. The Balaban J connectivity index is 2.43. The summed E-state index contributed by atoms with van der Waals surface area (Å²) in [6, 6.07) is 20.1. The third-order valence-corrected chi connectivity index (χ3v) is 5.21. The normalized spacial score (nSPS) is 13.3. The van der Waals surface area contributed by atoms with Crippen LogP contribution in [0.4, 0.5) is 0 Å². The number of aryl methyl sites for hydroxylation is 2. The highest BCUT2D eigenvalue weighted by Crippen LogP contribution is 2.42. The zero-order valence-electron chi connectivity index (χ0n) is 14.6. The number of aromatic nitrogens is 1. The van der Waals surface area contributed by atoms with Gasteiger partial charge in [0.1, 0.15) is 11.2 Å². The number of benzene rings is 2. The minimum atomic E-state index is -0.847. The minimum Gasteiger partial charge on any atom is -0.298 e. The zero-order chi connectivity index (χ0) is 18.0. The lowest BCUT2D eigenvalue weighted by molar-refractivity contribution is -0.119. The van der Waals surface area contributed by atoms with Crippen LogP contribution in [0.25, 0.3) is 0 Å². The van der Waals surface area contributed by atoms with E-state index in [9.17, 15) is 4.79 Å². The number of nitrogens with zero attached hydrogens (tertiary/aromatic N) is 1. The predicted molar refractivity (Wildman–Crippen MR) is 105 cm³/mol. The van der Waals surface area contributed by atoms with Crippen LogP contribution in [-0.4, -0.2) is 10.8 Å². The number of carbonyl (C=O) groups is 1. The number of rotatable bonds is 4. The average Bonchev–Trinajstić information content (AvgIpc) is 2.58. The molecule has 0 saturated carbocycles. The fraction of sp³-hybridized carbons (Fsp3) is 0.182. The summed E-state index contributed by atoms with van der Waals surface area (Å²) in [5.74, 6) is 0.0923. The summed E-state index contributed by atoms with van der Waals surface area (Å²) in [5.41, 5.74) is 4.06. The van der Waals surface area contributed by atoms with Crippen LogP contribution in [0.1, 0.15) is 34.9 Å². The van der Waals surface area contributed by atoms with E-state index in [1.165, 1.54) is 0 Å². The van der Waals surface area contributed by atoms with E-state index in [0.717, 1.165) is 32.4 Å². The molecule has 0 radical (unpaired) electrons. The van der Waals surface area contributed by atoms with E-state index in [-0.39, 0.29) is 5.78 Å². The van der Waals surface area contributed by atoms with Crippen LogP contribution < -0.4 is 0 Å². The van der Waals surface area contributed by atoms with Gasteiger partial charge in [0.25, 0.3) is 0 Å². The first-order chi connectivity index (χ1) is 12.0. The highest BCUT2D eigenvalue weighted by molar-refractivity contribution is 9.10. The maximum Gasteiger partial charge on any atom is 0.149 e. The average molecular weight is 394 g/mol. The van der Waals surface area contributed by atoms with Crippen molar-refractivity contribution in [2.45, 2.75) is 26.2 Å². The van der Waals surface area contributed by atoms with Crippen LogP contribution in [0.5, 0.6) is 0 Å². The Morgan fingerprint density at radius 1 is 0.960 bits per heavy atom. The van der Waals surface area contributed by atoms with Gasteiger partial charge in [-0.25, -0.2) is 0 Å². The minimum absolute atomic E-state index is 0.0923. The molecule has 1 atom stereocenters. The Kier molecular flexibility index (Phi) is 4.87. The Morgan fingerprint density at radius 3 is 2.24 bits per heavy atom. The lowest BCUT2D eigenvalue weighted by Crippen LogP contribution is -2.37. The number of Topliss-reactive ketones (excluding diaryl/α,β-unsaturated/α-hetero) is 1. The number of halogens is 1. The topological polar surface area (TPSA) is 30.0 Å². The van der Waals surface area contributed by atoms with Crippen LogP contribution in [-0.2, 0) is 10.2 Å². The molecule has 0 amide bonds. The quantitative estimate of drug-likeness (QED) is 0.594. The molecular weight excluding hydrogens is 374 g/mol. The van der Waals surface area contributed by atoms with Crippen molar-refractivity contribution in [3.63, 3.8) is 0 Å². The van der Waals surface area contributed by atoms with E-state index in [0.29, 0.717) is 0 Å². The first kappa shape index (κ1) is 17.6. The number of hydrogen-bond acceptors (Lipinski definition) is 2. The van der Waals surface area contributed by atoms with E-state index in [4.69, 9.17) is 0 Å². The van der Waals surface area contributed by atoms with Crippen molar-refractivity contribution in [1.82, 2.24) is 4.98 Å². The van der Waals surface area contributed by atoms with Crippen molar-refractivity contribution >= 4 is 21.7 Å². The highest BCUT2D eigenvalue weighted by atomic mass is 79.9. The monoisotopic (exact) mass is 393 g/mol. The molecule has 126 valence electrons. The molecule has 3 heteroatoms. The second-order valence-corrected chi connectivity index (χ2v) is 7.23. The summed E-state index contributed by atoms with van der Waals surface area (Å²) in [5, 5.41) is 0. The van der Waals surface area contributed by atoms with Gasteiger partial charge < -0.3 is 0 Å². The molecule has 1 heterocycles. The summed E-state index contributed by atoms with van der Waals surface area (Å²) in [6.45, 7) is 5.68. The van der Waals surface area contributed by atoms with Gasteiger partial charge in [-0.15, -0.1) is 0 Å². The fourth-order valence-corrected chi connectivity index (χ4v) is 3.81. The largest absolute Gasteiger partial charge is 0.298 e. The molecule has 0 bridgehead atoms. The number of hydrogen-bond donors (Lipinski definition) is 0. The summed E-state index contributed by atoms with van der Waals surface area (Å²) in [6.07, 6.45) is 1.78. The smallest absolute Gasteiger partial charge is 0.149 e. The Morgan fingerprint density at radius 2 is 1.64 bits per heavy atom. The summed E-state index contributed by atoms with van der Waals surface area (Å²) in [4.78, 5) is 17.5. The Labute approximate surface area is 157 Å². The third kappa shape index (κ3) is 3.05. The predicted octanol–water partition coefficient (Wildman–Crippen LogP) is 5.38. The van der Waals surface area contributed by atoms with Crippen molar-refractivity contribution in [1.29, 1.82) is 0 Å². The molecule has 0 saturated heterocycles. The van der Waals surface area contributed by atoms with E-state index < -0.39 is 5.41 Å². The molecule has 2 nitrogen and oxygen atoms in total. The van der Waals surface area contributed by atoms with E-state index >= 15 is 0 Å². The van der Waals surface area contributed by atoms with Crippen molar-refractivity contribution < 1.29 is 4.79 Å². The third-order valence-electron chi connectivity index (χ3n) is 4.68. The van der Waals surface area contributed by atoms with Gasteiger partial charge in [-0.1, -0.05) is 52.3 Å². The van der Waals surface area contributed by atoms with Gasteiger partial charge in [0.05, 0.1) is 0 Å². The SMILES string of the molecule is CC(=O)[C@@](c1ccc(Br)cc1)(c1ccnc(C)c1)c1ccccc1C. The van der Waals surface area contributed by atoms with Gasteiger partial charge >= 0.3 is 0 Å². The first-order valence-corrected chi connectivity index (χ1v) is 9.02. The van der Waals surface area contributed by atoms with E-state index in [2.05, 4.69) is 40.0 Å². The first-order valence-electron chi connectivity index (χ1n) is 8.22. The standard InChI is InChI=1S/C22H20BrNO/c1-15-6-4-5-7-21(15)22(17(3)25,18-8-10-20(23)11-9-18)19-12-13-24-16(2)14-19/h4-14H,1-3H3/t22-/m1/s1. The van der Waals surface area contributed by atoms with Crippen molar-refractivity contribution in [3.05, 3.63) is 99.3 Å². The zero-order valence-corrected chi connectivity index (χ0v) is 16.2. The molecule has 2 aromatic carbocycles. The lowest BCUT2D eigenvalue weighted by atomic mass is 9.66. The Hall–Kier alpha value is -2.26. The van der Waals surface area contributed by atoms with Gasteiger partial charge in [-0.05, 0) is 67.3 Å². The van der Waals surface area contributed by atoms with Gasteiger partial charge in [0.15, 0.2) is 0 Å². The molecule has 0 spiro atoms. The van der Waals surface area contributed by atoms with E-state index in [1.54, 1.807) is 13.1 Å². The van der Waals surface area contributed by atoms with Gasteiger partial charge in [0, 0.05) is 16.4 Å². The molecule has 1 aromatic heterocycles. The second kappa shape index (κ2) is 6.93. The van der Waals surface area contributed by atoms with Crippen molar-refractivity contribution in [3.8, 4) is 0 Å². The molecule has 0 N–H and O–H groups in total. The molecule has 0 aliphatic carbocycles. The van der Waals surface area contributed by atoms with Crippen molar-refractivity contribution in [2.24, 2.45) is 0 Å². The maximum absolute atomic E-state index is 13.2. The van der Waals surface area contributed by atoms with Crippen molar-refractivity contribution in [2.75, 3.05) is 0 Å². The Bertz CT molecular complexity index is 917. The molecule has 0 aliphatic heterocycles. The second-order valence-electron chi connectivity index (χ2n) is 6.31. The highest BCUT2D eigenvalue weighted by Gasteiger charge is 2.42. The van der Waals surface area contributed by atoms with Crippen LogP contribution in [0.3, 0.4) is 0 Å². The van der Waals surface area contributed by atoms with Crippen LogP contribution in [0.2, 0.25) is 0 Å². The number of pyridine rings is 1. The molecular formula is C22H20BrNO. The molecule has 3 rings (SSSR count). The molecule has 0 unspecified atom stereocenters. The summed E-state index contributed by atoms with van der Waals surface area (Å²) in [7, 11) is 0. The van der Waals surface area contributed by atoms with Gasteiger partial charge in [-0.3, -0.25) is 9.78 Å². The molecule has 0 aliphatic rings. The van der Waals surface area contributed by atoms with E-state index in [1.807, 2.05) is 55.5 Å². The van der Waals surface area contributed by atoms with Crippen LogP contribution >= 0.6 is 15.9 Å². The molecule has 25 heavy (non-hydrogen) atoms. The van der Waals surface area contributed by atoms with Crippen LogP contribution in [0.15, 0.2) is 71.3 Å². The number of carbonyl (C=O) groups excluding carboxylic acids is 1. The molecule has 0 fully saturated rings. The van der Waals surface area contributed by atoms with Gasteiger partial charge in [0.2, 0.25) is 0 Å².